The first-order chi connectivity index (χ1) is 14.9. The van der Waals surface area contributed by atoms with Gasteiger partial charge in [-0.25, -0.2) is 8.78 Å². The number of nitrogens with one attached hydrogen (secondary N) is 2. The molecule has 6 nitrogen and oxygen atoms in total. The molecule has 0 aromatic heterocycles. The number of hydrogen-bond acceptors (Lipinski definition) is 4. The normalized spacial score (nSPS) is 34.5. The maximum atomic E-state index is 15.1. The fraction of sp³-hybridized carbons (Fsp3) is 0.636. The quantitative estimate of drug-likeness (QED) is 0.469. The van der Waals surface area contributed by atoms with Crippen LogP contribution in [-0.2, 0) is 9.59 Å². The lowest BCUT2D eigenvalue weighted by atomic mass is 9.74. The molecule has 32 heavy (non-hydrogen) atoms. The molecule has 1 aromatic carbocycles. The average Bonchev–Trinajstić information content (AvgIpc) is 3.36. The van der Waals surface area contributed by atoms with Crippen molar-refractivity contribution in [1.29, 1.82) is 0 Å². The summed E-state index contributed by atoms with van der Waals surface area (Å²) in [6.45, 7) is 1.33. The van der Waals surface area contributed by atoms with E-state index in [0.29, 0.717) is 25.7 Å². The highest BCUT2D eigenvalue weighted by Gasteiger charge is 2.59. The van der Waals surface area contributed by atoms with Crippen molar-refractivity contribution in [3.05, 3.63) is 27.5 Å². The summed E-state index contributed by atoms with van der Waals surface area (Å²) in [5.41, 5.74) is -2.28. The second kappa shape index (κ2) is 8.29. The second-order valence-corrected chi connectivity index (χ2v) is 10.4. The number of amides is 2. The van der Waals surface area contributed by atoms with Gasteiger partial charge < -0.3 is 20.8 Å². The predicted octanol–water partition coefficient (Wildman–Crippen LogP) is 3.94. The summed E-state index contributed by atoms with van der Waals surface area (Å²) < 4.78 is 30.2. The summed E-state index contributed by atoms with van der Waals surface area (Å²) in [5.74, 6) is -3.09. The molecule has 0 heterocycles. The SMILES string of the molecule is CC(=O)N[C@H]1C[C@H](C(=O)N[C@H](c2c(F)c(O)cc(Cl)c2Cl)C23CCC(F)(CC2)C3)C[C@H]1O. The number of phenolic OH excluding ortho intramolecular Hbond substituents is 1. The number of halogens is 4. The zero-order valence-electron chi connectivity index (χ0n) is 17.6. The maximum absolute atomic E-state index is 15.1. The van der Waals surface area contributed by atoms with E-state index in [9.17, 15) is 19.8 Å². The molecule has 176 valence electrons. The van der Waals surface area contributed by atoms with Crippen LogP contribution >= 0.6 is 23.2 Å². The summed E-state index contributed by atoms with van der Waals surface area (Å²) >= 11 is 12.4. The van der Waals surface area contributed by atoms with E-state index in [-0.39, 0.29) is 40.8 Å². The molecule has 0 spiro atoms. The summed E-state index contributed by atoms with van der Waals surface area (Å²) in [6, 6.07) is -0.566. The molecule has 2 bridgehead atoms. The second-order valence-electron chi connectivity index (χ2n) is 9.59. The first-order valence-corrected chi connectivity index (χ1v) is 11.5. The van der Waals surface area contributed by atoms with Crippen LogP contribution in [0.2, 0.25) is 10.0 Å². The minimum absolute atomic E-state index is 0.0688. The number of rotatable bonds is 5. The Morgan fingerprint density at radius 1 is 1.22 bits per heavy atom. The lowest BCUT2D eigenvalue weighted by Crippen LogP contribution is -2.42. The molecule has 0 unspecified atom stereocenters. The molecular weight excluding hydrogens is 465 g/mol. The highest BCUT2D eigenvalue weighted by atomic mass is 35.5. The topological polar surface area (TPSA) is 98.7 Å². The Kier molecular flexibility index (Phi) is 6.09. The third kappa shape index (κ3) is 4.05. The van der Waals surface area contributed by atoms with Crippen molar-refractivity contribution < 1.29 is 28.6 Å². The molecule has 0 radical (unpaired) electrons. The van der Waals surface area contributed by atoms with Crippen LogP contribution < -0.4 is 10.6 Å². The van der Waals surface area contributed by atoms with E-state index in [4.69, 9.17) is 23.2 Å². The van der Waals surface area contributed by atoms with E-state index in [1.165, 1.54) is 6.92 Å². The van der Waals surface area contributed by atoms with Crippen molar-refractivity contribution in [2.45, 2.75) is 75.7 Å². The Morgan fingerprint density at radius 3 is 2.44 bits per heavy atom. The van der Waals surface area contributed by atoms with Gasteiger partial charge in [-0.1, -0.05) is 23.2 Å². The number of phenols is 1. The van der Waals surface area contributed by atoms with Crippen molar-refractivity contribution in [3.63, 3.8) is 0 Å². The van der Waals surface area contributed by atoms with Gasteiger partial charge in [0.1, 0.15) is 5.67 Å². The van der Waals surface area contributed by atoms with Gasteiger partial charge in [-0.15, -0.1) is 0 Å². The maximum Gasteiger partial charge on any atom is 0.223 e. The predicted molar refractivity (Wildman–Crippen MR) is 115 cm³/mol. The molecule has 3 fully saturated rings. The zero-order valence-corrected chi connectivity index (χ0v) is 19.1. The van der Waals surface area contributed by atoms with E-state index in [0.717, 1.165) is 6.07 Å². The molecule has 4 atom stereocenters. The van der Waals surface area contributed by atoms with Gasteiger partial charge in [-0.2, -0.15) is 0 Å². The number of hydrogen-bond donors (Lipinski definition) is 4. The van der Waals surface area contributed by atoms with Crippen LogP contribution in [-0.4, -0.2) is 39.8 Å². The van der Waals surface area contributed by atoms with Crippen molar-refractivity contribution in [1.82, 2.24) is 10.6 Å². The fourth-order valence-electron chi connectivity index (χ4n) is 5.87. The van der Waals surface area contributed by atoms with E-state index in [1.807, 2.05) is 0 Å². The molecule has 3 aliphatic rings. The Balaban J connectivity index is 1.67. The Labute approximate surface area is 194 Å². The van der Waals surface area contributed by atoms with Crippen LogP contribution in [0, 0.1) is 17.2 Å². The molecule has 2 amide bonds. The molecule has 0 aliphatic heterocycles. The summed E-state index contributed by atoms with van der Waals surface area (Å²) in [7, 11) is 0. The van der Waals surface area contributed by atoms with Gasteiger partial charge in [0.2, 0.25) is 11.8 Å². The third-order valence-corrected chi connectivity index (χ3v) is 8.26. The van der Waals surface area contributed by atoms with Gasteiger partial charge in [-0.05, 0) is 50.4 Å². The van der Waals surface area contributed by atoms with Crippen molar-refractivity contribution in [2.24, 2.45) is 11.3 Å². The van der Waals surface area contributed by atoms with Crippen molar-refractivity contribution in [3.8, 4) is 5.75 Å². The Morgan fingerprint density at radius 2 is 1.88 bits per heavy atom. The van der Waals surface area contributed by atoms with Crippen LogP contribution in [0.25, 0.3) is 0 Å². The molecular formula is C22H26Cl2F2N2O4. The van der Waals surface area contributed by atoms with E-state index in [2.05, 4.69) is 10.6 Å². The van der Waals surface area contributed by atoms with Crippen molar-refractivity contribution >= 4 is 35.0 Å². The standard InChI is InChI=1S/C22H26Cl2F2N2O4/c1-10(29)27-13-6-11(7-14(13)30)20(32)28-19(21-2-4-22(26,9-21)5-3-21)16-17(24)12(23)8-15(31)18(16)25/h8,11,13-14,19,30-31H,2-7,9H2,1H3,(H,27,29)(H,28,32)/t11-,13-,14+,19+,21?,22?/m0/s1. The molecule has 4 N–H and O–H groups in total. The lowest BCUT2D eigenvalue weighted by molar-refractivity contribution is -0.127. The van der Waals surface area contributed by atoms with Crippen LogP contribution in [0.4, 0.5) is 8.78 Å². The number of carbonyl (C=O) groups excluding carboxylic acids is 2. The lowest BCUT2D eigenvalue weighted by Gasteiger charge is -2.38. The minimum atomic E-state index is -1.37. The third-order valence-electron chi connectivity index (χ3n) is 7.46. The molecule has 4 rings (SSSR count). The largest absolute Gasteiger partial charge is 0.505 e. The number of alkyl halides is 1. The summed E-state index contributed by atoms with van der Waals surface area (Å²) in [6.07, 6.45) is 1.07. The van der Waals surface area contributed by atoms with Gasteiger partial charge in [0.05, 0.1) is 28.2 Å². The van der Waals surface area contributed by atoms with Gasteiger partial charge in [0.15, 0.2) is 11.6 Å². The highest BCUT2D eigenvalue weighted by molar-refractivity contribution is 6.42. The zero-order chi connectivity index (χ0) is 23.4. The van der Waals surface area contributed by atoms with Crippen molar-refractivity contribution in [2.75, 3.05) is 0 Å². The van der Waals surface area contributed by atoms with Crippen LogP contribution in [0.5, 0.6) is 5.75 Å². The van der Waals surface area contributed by atoms with Gasteiger partial charge in [0.25, 0.3) is 0 Å². The van der Waals surface area contributed by atoms with Gasteiger partial charge in [0, 0.05) is 24.5 Å². The number of aliphatic hydroxyl groups excluding tert-OH is 1. The number of aliphatic hydroxyl groups is 1. The van der Waals surface area contributed by atoms with Crippen LogP contribution in [0.3, 0.4) is 0 Å². The molecule has 0 saturated heterocycles. The van der Waals surface area contributed by atoms with Gasteiger partial charge in [-0.3, -0.25) is 9.59 Å². The fourth-order valence-corrected chi connectivity index (χ4v) is 6.32. The monoisotopic (exact) mass is 490 g/mol. The molecule has 1 aromatic rings. The van der Waals surface area contributed by atoms with Gasteiger partial charge >= 0.3 is 0 Å². The smallest absolute Gasteiger partial charge is 0.223 e. The summed E-state index contributed by atoms with van der Waals surface area (Å²) in [4.78, 5) is 24.6. The van der Waals surface area contributed by atoms with Crippen LogP contribution in [0.1, 0.15) is 63.5 Å². The number of carbonyl (C=O) groups is 2. The van der Waals surface area contributed by atoms with E-state index < -0.39 is 52.7 Å². The van der Waals surface area contributed by atoms with E-state index in [1.54, 1.807) is 0 Å². The van der Waals surface area contributed by atoms with Crippen LogP contribution in [0.15, 0.2) is 6.07 Å². The minimum Gasteiger partial charge on any atom is -0.505 e. The molecule has 3 aliphatic carbocycles. The summed E-state index contributed by atoms with van der Waals surface area (Å²) in [5, 5.41) is 25.6. The molecule has 3 saturated carbocycles. The molecule has 10 heteroatoms. The Hall–Kier alpha value is -1.64. The average molecular weight is 491 g/mol. The first kappa shape index (κ1) is 23.5. The Bertz CT molecular complexity index is 926. The highest BCUT2D eigenvalue weighted by Crippen LogP contribution is 2.64. The van der Waals surface area contributed by atoms with E-state index >= 15 is 8.78 Å². The number of fused-ring (bicyclic) bond motifs is 2. The first-order valence-electron chi connectivity index (χ1n) is 10.8. The number of aromatic hydroxyl groups is 1. The number of benzene rings is 1.